The normalized spacial score (nSPS) is 55.8. The van der Waals surface area contributed by atoms with Gasteiger partial charge in [-0.05, 0) is 96.2 Å². The predicted molar refractivity (Wildman–Crippen MR) is 135 cm³/mol. The Morgan fingerprint density at radius 1 is 0.824 bits per heavy atom. The standard InChI is InChI=1S/C30H50O4/c1-25(2)16-19-18-8-9-21-27(5)12-11-22(32)26(3,4)20(27)10-13-29(21,7)28(18,6)14-15-30(19,17-31)24(34)23(25)33/h8,19-24,31-34H,9-17H2,1-7H3/t19-,20-,21+,22+,23+,24+,27-,28+,29+,30-/m0/s1. The Kier molecular flexibility index (Phi) is 5.44. The van der Waals surface area contributed by atoms with Gasteiger partial charge in [-0.2, -0.15) is 0 Å². The van der Waals surface area contributed by atoms with Gasteiger partial charge in [0.2, 0.25) is 0 Å². The number of fused-ring (bicyclic) bond motifs is 7. The number of hydrogen-bond donors (Lipinski definition) is 4. The molecule has 0 spiro atoms. The lowest BCUT2D eigenvalue weighted by molar-refractivity contribution is -0.227. The minimum atomic E-state index is -0.892. The quantitative estimate of drug-likeness (QED) is 0.399. The highest BCUT2D eigenvalue weighted by Gasteiger charge is 2.69. The van der Waals surface area contributed by atoms with Crippen LogP contribution in [0.25, 0.3) is 0 Å². The number of aliphatic hydroxyl groups is 4. The van der Waals surface area contributed by atoms with E-state index < -0.39 is 17.6 Å². The lowest BCUT2D eigenvalue weighted by atomic mass is 9.33. The summed E-state index contributed by atoms with van der Waals surface area (Å²) in [5, 5.41) is 43.9. The molecule has 0 aliphatic heterocycles. The summed E-state index contributed by atoms with van der Waals surface area (Å²) in [6, 6.07) is 0. The molecule has 0 aromatic heterocycles. The van der Waals surface area contributed by atoms with Gasteiger partial charge in [0.25, 0.3) is 0 Å². The van der Waals surface area contributed by atoms with Crippen LogP contribution < -0.4 is 0 Å². The third-order valence-corrected chi connectivity index (χ3v) is 13.4. The Hall–Kier alpha value is -0.420. The van der Waals surface area contributed by atoms with E-state index in [-0.39, 0.29) is 45.7 Å². The molecule has 0 radical (unpaired) electrons. The minimum Gasteiger partial charge on any atom is -0.396 e. The highest BCUT2D eigenvalue weighted by molar-refractivity contribution is 5.35. The Morgan fingerprint density at radius 2 is 1.50 bits per heavy atom. The molecule has 4 nitrogen and oxygen atoms in total. The molecule has 4 fully saturated rings. The van der Waals surface area contributed by atoms with Crippen LogP contribution in [0.15, 0.2) is 11.6 Å². The summed E-state index contributed by atoms with van der Waals surface area (Å²) in [5.41, 5.74) is 0.801. The van der Waals surface area contributed by atoms with Crippen LogP contribution in [0.1, 0.15) is 99.8 Å². The Balaban J connectivity index is 1.60. The van der Waals surface area contributed by atoms with E-state index in [0.29, 0.717) is 11.8 Å². The molecular weight excluding hydrogens is 424 g/mol. The fourth-order valence-electron chi connectivity index (χ4n) is 10.8. The highest BCUT2D eigenvalue weighted by atomic mass is 16.3. The summed E-state index contributed by atoms with van der Waals surface area (Å²) in [6.45, 7) is 16.2. The lowest BCUT2D eigenvalue weighted by Gasteiger charge is -2.72. The van der Waals surface area contributed by atoms with Crippen molar-refractivity contribution in [1.82, 2.24) is 0 Å². The van der Waals surface area contributed by atoms with E-state index in [9.17, 15) is 20.4 Å². The first kappa shape index (κ1) is 25.2. The van der Waals surface area contributed by atoms with Gasteiger partial charge in [-0.25, -0.2) is 0 Å². The van der Waals surface area contributed by atoms with Crippen molar-refractivity contribution in [2.45, 2.75) is 118 Å². The zero-order chi connectivity index (χ0) is 25.1. The van der Waals surface area contributed by atoms with Crippen molar-refractivity contribution in [2.24, 2.45) is 50.2 Å². The van der Waals surface area contributed by atoms with Gasteiger partial charge in [-0.1, -0.05) is 60.1 Å². The van der Waals surface area contributed by atoms with Crippen molar-refractivity contribution in [2.75, 3.05) is 6.61 Å². The number of hydrogen-bond acceptors (Lipinski definition) is 4. The first-order chi connectivity index (χ1) is 15.6. The average molecular weight is 475 g/mol. The minimum absolute atomic E-state index is 0.0333. The SMILES string of the molecule is CC1(C)C[C@H]2C3=CC[C@@H]4[C@@]5(C)CC[C@@H](O)C(C)(C)[C@@H]5CC[C@@]4(C)[C@]3(C)CC[C@@]2(CO)[C@H](O)[C@H]1O. The summed E-state index contributed by atoms with van der Waals surface area (Å²) in [5.74, 6) is 1.22. The largest absolute Gasteiger partial charge is 0.396 e. The fourth-order valence-corrected chi connectivity index (χ4v) is 10.8. The summed E-state index contributed by atoms with van der Waals surface area (Å²) in [4.78, 5) is 0. The molecule has 4 N–H and O–H groups in total. The van der Waals surface area contributed by atoms with Crippen molar-refractivity contribution in [3.8, 4) is 0 Å². The number of aliphatic hydroxyl groups excluding tert-OH is 4. The second kappa shape index (κ2) is 7.33. The predicted octanol–water partition coefficient (Wildman–Crippen LogP) is 5.08. The van der Waals surface area contributed by atoms with Crippen LogP contribution in [0.4, 0.5) is 0 Å². The van der Waals surface area contributed by atoms with E-state index >= 15 is 0 Å². The van der Waals surface area contributed by atoms with Gasteiger partial charge < -0.3 is 20.4 Å². The molecule has 0 aromatic rings. The van der Waals surface area contributed by atoms with Gasteiger partial charge in [-0.3, -0.25) is 0 Å². The topological polar surface area (TPSA) is 80.9 Å². The first-order valence-electron chi connectivity index (χ1n) is 14.0. The zero-order valence-electron chi connectivity index (χ0n) is 22.7. The Morgan fingerprint density at radius 3 is 2.15 bits per heavy atom. The van der Waals surface area contributed by atoms with Gasteiger partial charge >= 0.3 is 0 Å². The zero-order valence-corrected chi connectivity index (χ0v) is 22.7. The lowest BCUT2D eigenvalue weighted by Crippen LogP contribution is -2.67. The van der Waals surface area contributed by atoms with Gasteiger partial charge in [0, 0.05) is 5.41 Å². The molecule has 0 unspecified atom stereocenters. The van der Waals surface area contributed by atoms with Crippen molar-refractivity contribution in [3.63, 3.8) is 0 Å². The smallest absolute Gasteiger partial charge is 0.0888 e. The average Bonchev–Trinajstić information content (AvgIpc) is 2.76. The van der Waals surface area contributed by atoms with E-state index in [1.54, 1.807) is 0 Å². The molecule has 4 heteroatoms. The summed E-state index contributed by atoms with van der Waals surface area (Å²) in [7, 11) is 0. The van der Waals surface area contributed by atoms with E-state index in [4.69, 9.17) is 0 Å². The van der Waals surface area contributed by atoms with Crippen molar-refractivity contribution in [1.29, 1.82) is 0 Å². The molecule has 0 aromatic carbocycles. The van der Waals surface area contributed by atoms with E-state index in [1.807, 2.05) is 0 Å². The first-order valence-corrected chi connectivity index (χ1v) is 14.0. The monoisotopic (exact) mass is 474 g/mol. The van der Waals surface area contributed by atoms with Crippen LogP contribution in [-0.2, 0) is 0 Å². The molecule has 0 heterocycles. The molecule has 4 saturated carbocycles. The second-order valence-electron chi connectivity index (χ2n) is 15.2. The molecule has 5 rings (SSSR count). The Labute approximate surface area is 207 Å². The summed E-state index contributed by atoms with van der Waals surface area (Å²) in [6.07, 6.45) is 8.54. The van der Waals surface area contributed by atoms with Crippen molar-refractivity contribution in [3.05, 3.63) is 11.6 Å². The third kappa shape index (κ3) is 2.81. The van der Waals surface area contributed by atoms with Crippen LogP contribution in [0, 0.1) is 50.2 Å². The fraction of sp³-hybridized carbons (Fsp3) is 0.933. The maximum absolute atomic E-state index is 11.3. The third-order valence-electron chi connectivity index (χ3n) is 13.4. The van der Waals surface area contributed by atoms with E-state index in [0.717, 1.165) is 38.5 Å². The molecule has 10 atom stereocenters. The second-order valence-corrected chi connectivity index (χ2v) is 15.2. The van der Waals surface area contributed by atoms with Gasteiger partial charge in [0.1, 0.15) is 0 Å². The van der Waals surface area contributed by atoms with Crippen molar-refractivity contribution < 1.29 is 20.4 Å². The molecule has 0 bridgehead atoms. The van der Waals surface area contributed by atoms with Crippen LogP contribution in [0.2, 0.25) is 0 Å². The molecular formula is C30H50O4. The van der Waals surface area contributed by atoms with Gasteiger partial charge in [0.05, 0.1) is 24.9 Å². The molecule has 5 aliphatic carbocycles. The summed E-state index contributed by atoms with van der Waals surface area (Å²) >= 11 is 0. The number of allylic oxidation sites excluding steroid dienone is 2. The maximum atomic E-state index is 11.3. The van der Waals surface area contributed by atoms with Gasteiger partial charge in [0.15, 0.2) is 0 Å². The molecule has 0 amide bonds. The molecule has 34 heavy (non-hydrogen) atoms. The van der Waals surface area contributed by atoms with E-state index in [2.05, 4.69) is 54.5 Å². The summed E-state index contributed by atoms with van der Waals surface area (Å²) < 4.78 is 0. The molecule has 194 valence electrons. The molecule has 0 saturated heterocycles. The van der Waals surface area contributed by atoms with Crippen LogP contribution >= 0.6 is 0 Å². The maximum Gasteiger partial charge on any atom is 0.0888 e. The van der Waals surface area contributed by atoms with E-state index in [1.165, 1.54) is 18.4 Å². The number of rotatable bonds is 1. The highest BCUT2D eigenvalue weighted by Crippen LogP contribution is 2.75. The van der Waals surface area contributed by atoms with Gasteiger partial charge in [-0.15, -0.1) is 0 Å². The van der Waals surface area contributed by atoms with Crippen molar-refractivity contribution >= 4 is 0 Å². The van der Waals surface area contributed by atoms with Crippen LogP contribution in [0.3, 0.4) is 0 Å². The van der Waals surface area contributed by atoms with Crippen LogP contribution in [-0.4, -0.2) is 45.3 Å². The van der Waals surface area contributed by atoms with Crippen LogP contribution in [0.5, 0.6) is 0 Å². The Bertz CT molecular complexity index is 877. The molecule has 5 aliphatic rings.